The van der Waals surface area contributed by atoms with Crippen molar-refractivity contribution in [2.75, 3.05) is 0 Å². The molecule has 0 fully saturated rings. The third-order valence-electron chi connectivity index (χ3n) is 1.89. The van der Waals surface area contributed by atoms with Crippen molar-refractivity contribution in [3.05, 3.63) is 38.0 Å². The molecule has 2 aromatic rings. The largest absolute Gasteiger partial charge is 0.506 e. The first-order chi connectivity index (χ1) is 6.59. The Bertz CT molecular complexity index is 564. The van der Waals surface area contributed by atoms with Crippen LogP contribution in [0.3, 0.4) is 0 Å². The van der Waals surface area contributed by atoms with Crippen molar-refractivity contribution in [3.8, 4) is 5.75 Å². The normalized spacial score (nSPS) is 10.7. The summed E-state index contributed by atoms with van der Waals surface area (Å²) in [7, 11) is 0. The quantitative estimate of drug-likeness (QED) is 0.776. The molecule has 72 valence electrons. The molecule has 2 rings (SSSR count). The van der Waals surface area contributed by atoms with Crippen LogP contribution in [0, 0.1) is 0 Å². The standard InChI is InChI=1S/C9H5BrClNO2/c10-7-8(13)5-3-4(11)1-2-6(5)12-9(7)14/h1-3H,(H2,12,13,14). The minimum atomic E-state index is -0.364. The Labute approximate surface area is 92.5 Å². The Morgan fingerprint density at radius 1 is 1.43 bits per heavy atom. The first-order valence-electron chi connectivity index (χ1n) is 3.79. The van der Waals surface area contributed by atoms with Gasteiger partial charge in [-0.3, -0.25) is 4.79 Å². The molecule has 5 heteroatoms. The van der Waals surface area contributed by atoms with Gasteiger partial charge in [0, 0.05) is 10.4 Å². The van der Waals surface area contributed by atoms with E-state index in [0.717, 1.165) is 0 Å². The SMILES string of the molecule is O=c1[nH]c2ccc(Cl)cc2c(O)c1Br. The zero-order valence-electron chi connectivity index (χ0n) is 6.84. The summed E-state index contributed by atoms with van der Waals surface area (Å²) >= 11 is 8.75. The second-order valence-corrected chi connectivity index (χ2v) is 4.04. The van der Waals surface area contributed by atoms with Gasteiger partial charge in [0.15, 0.2) is 0 Å². The van der Waals surface area contributed by atoms with Gasteiger partial charge in [-0.05, 0) is 34.1 Å². The first kappa shape index (κ1) is 9.55. The van der Waals surface area contributed by atoms with Crippen LogP contribution in [0.4, 0.5) is 0 Å². The highest BCUT2D eigenvalue weighted by molar-refractivity contribution is 9.10. The van der Waals surface area contributed by atoms with Crippen molar-refractivity contribution in [1.82, 2.24) is 4.98 Å². The minimum absolute atomic E-state index is 0.0914. The second-order valence-electron chi connectivity index (χ2n) is 2.81. The number of hydrogen-bond acceptors (Lipinski definition) is 2. The molecule has 1 aromatic carbocycles. The maximum atomic E-state index is 11.2. The number of rotatable bonds is 0. The third-order valence-corrected chi connectivity index (χ3v) is 2.86. The van der Waals surface area contributed by atoms with Crippen molar-refractivity contribution in [2.24, 2.45) is 0 Å². The van der Waals surface area contributed by atoms with E-state index < -0.39 is 0 Å². The fourth-order valence-corrected chi connectivity index (χ4v) is 1.71. The molecule has 0 saturated heterocycles. The molecule has 3 nitrogen and oxygen atoms in total. The van der Waals surface area contributed by atoms with E-state index in [0.29, 0.717) is 15.9 Å². The van der Waals surface area contributed by atoms with Gasteiger partial charge in [0.2, 0.25) is 0 Å². The lowest BCUT2D eigenvalue weighted by atomic mass is 10.2. The number of aromatic hydroxyl groups is 1. The number of aromatic amines is 1. The zero-order valence-corrected chi connectivity index (χ0v) is 9.19. The molecule has 0 saturated carbocycles. The van der Waals surface area contributed by atoms with E-state index >= 15 is 0 Å². The lowest BCUT2D eigenvalue weighted by Gasteiger charge is -2.02. The van der Waals surface area contributed by atoms with Crippen molar-refractivity contribution in [3.63, 3.8) is 0 Å². The zero-order chi connectivity index (χ0) is 10.3. The molecule has 0 spiro atoms. The molecule has 0 aliphatic carbocycles. The summed E-state index contributed by atoms with van der Waals surface area (Å²) in [5.41, 5.74) is 0.192. The van der Waals surface area contributed by atoms with E-state index in [2.05, 4.69) is 20.9 Å². The third kappa shape index (κ3) is 1.40. The van der Waals surface area contributed by atoms with Gasteiger partial charge in [-0.1, -0.05) is 11.6 Å². The van der Waals surface area contributed by atoms with E-state index in [1.54, 1.807) is 18.2 Å². The molecule has 0 amide bonds. The van der Waals surface area contributed by atoms with Gasteiger partial charge in [0.25, 0.3) is 5.56 Å². The molecule has 14 heavy (non-hydrogen) atoms. The van der Waals surface area contributed by atoms with Crippen LogP contribution in [0.15, 0.2) is 27.5 Å². The Kier molecular flexibility index (Phi) is 2.25. The molecule has 0 atom stereocenters. The second kappa shape index (κ2) is 3.29. The summed E-state index contributed by atoms with van der Waals surface area (Å²) in [5, 5.41) is 10.7. The number of nitrogens with one attached hydrogen (secondary N) is 1. The number of aromatic nitrogens is 1. The molecule has 0 radical (unpaired) electrons. The van der Waals surface area contributed by atoms with Gasteiger partial charge >= 0.3 is 0 Å². The summed E-state index contributed by atoms with van der Waals surface area (Å²) in [6.07, 6.45) is 0. The molecule has 0 unspecified atom stereocenters. The van der Waals surface area contributed by atoms with Crippen LogP contribution < -0.4 is 5.56 Å². The number of hydrogen-bond donors (Lipinski definition) is 2. The maximum absolute atomic E-state index is 11.2. The van der Waals surface area contributed by atoms with Crippen LogP contribution in [-0.4, -0.2) is 10.1 Å². The fraction of sp³-hybridized carbons (Fsp3) is 0. The summed E-state index contributed by atoms with van der Waals surface area (Å²) in [4.78, 5) is 13.8. The topological polar surface area (TPSA) is 53.1 Å². The Hall–Kier alpha value is -1.00. The number of fused-ring (bicyclic) bond motifs is 1. The van der Waals surface area contributed by atoms with E-state index in [-0.39, 0.29) is 15.8 Å². The van der Waals surface area contributed by atoms with Gasteiger partial charge in [-0.15, -0.1) is 0 Å². The monoisotopic (exact) mass is 273 g/mol. The Morgan fingerprint density at radius 3 is 2.86 bits per heavy atom. The van der Waals surface area contributed by atoms with Crippen LogP contribution >= 0.6 is 27.5 Å². The number of benzene rings is 1. The van der Waals surface area contributed by atoms with Gasteiger partial charge in [0.1, 0.15) is 10.2 Å². The van der Waals surface area contributed by atoms with E-state index in [4.69, 9.17) is 11.6 Å². The average Bonchev–Trinajstić information content (AvgIpc) is 2.16. The van der Waals surface area contributed by atoms with Gasteiger partial charge in [0.05, 0.1) is 5.52 Å². The van der Waals surface area contributed by atoms with Gasteiger partial charge in [-0.2, -0.15) is 0 Å². The van der Waals surface area contributed by atoms with Crippen molar-refractivity contribution < 1.29 is 5.11 Å². The fourth-order valence-electron chi connectivity index (χ4n) is 1.22. The predicted octanol–water partition coefficient (Wildman–Crippen LogP) is 2.65. The summed E-state index contributed by atoms with van der Waals surface area (Å²) < 4.78 is 0.118. The Morgan fingerprint density at radius 2 is 2.14 bits per heavy atom. The first-order valence-corrected chi connectivity index (χ1v) is 4.96. The highest BCUT2D eigenvalue weighted by atomic mass is 79.9. The number of H-pyrrole nitrogens is 1. The Balaban J connectivity index is 2.99. The minimum Gasteiger partial charge on any atom is -0.506 e. The summed E-state index contributed by atoms with van der Waals surface area (Å²) in [6.45, 7) is 0. The molecule has 0 aliphatic heterocycles. The van der Waals surface area contributed by atoms with E-state index in [1.807, 2.05) is 0 Å². The molecular formula is C9H5BrClNO2. The smallest absolute Gasteiger partial charge is 0.266 e. The lowest BCUT2D eigenvalue weighted by Crippen LogP contribution is -2.06. The van der Waals surface area contributed by atoms with Gasteiger partial charge < -0.3 is 10.1 Å². The molecular weight excluding hydrogens is 269 g/mol. The average molecular weight is 275 g/mol. The van der Waals surface area contributed by atoms with Crippen molar-refractivity contribution in [1.29, 1.82) is 0 Å². The van der Waals surface area contributed by atoms with E-state index in [1.165, 1.54) is 0 Å². The van der Waals surface area contributed by atoms with Crippen molar-refractivity contribution in [2.45, 2.75) is 0 Å². The predicted molar refractivity (Wildman–Crippen MR) is 58.9 cm³/mol. The number of pyridine rings is 1. The molecule has 1 heterocycles. The molecule has 1 aromatic heterocycles. The van der Waals surface area contributed by atoms with Crippen LogP contribution in [0.5, 0.6) is 5.75 Å². The molecule has 0 aliphatic rings. The van der Waals surface area contributed by atoms with Crippen LogP contribution in [-0.2, 0) is 0 Å². The van der Waals surface area contributed by atoms with Crippen molar-refractivity contribution >= 4 is 38.4 Å². The highest BCUT2D eigenvalue weighted by Gasteiger charge is 2.08. The van der Waals surface area contributed by atoms with Gasteiger partial charge in [-0.25, -0.2) is 0 Å². The van der Waals surface area contributed by atoms with Crippen LogP contribution in [0.1, 0.15) is 0 Å². The van der Waals surface area contributed by atoms with Crippen LogP contribution in [0.2, 0.25) is 5.02 Å². The summed E-state index contributed by atoms with van der Waals surface area (Å²) in [6, 6.07) is 4.88. The highest BCUT2D eigenvalue weighted by Crippen LogP contribution is 2.29. The van der Waals surface area contributed by atoms with E-state index in [9.17, 15) is 9.90 Å². The van der Waals surface area contributed by atoms with Crippen LogP contribution in [0.25, 0.3) is 10.9 Å². The maximum Gasteiger partial charge on any atom is 0.266 e. The number of halogens is 2. The molecule has 2 N–H and O–H groups in total. The summed E-state index contributed by atoms with van der Waals surface area (Å²) in [5.74, 6) is -0.0914. The lowest BCUT2D eigenvalue weighted by molar-refractivity contribution is 0.477. The molecule has 0 bridgehead atoms.